The summed E-state index contributed by atoms with van der Waals surface area (Å²) in [5.41, 5.74) is 4.23. The second-order valence-electron chi connectivity index (χ2n) is 6.50. The van der Waals surface area contributed by atoms with Crippen LogP contribution in [-0.4, -0.2) is 31.4 Å². The highest BCUT2D eigenvalue weighted by molar-refractivity contribution is 6.06. The lowest BCUT2D eigenvalue weighted by molar-refractivity contribution is 0.0987. The van der Waals surface area contributed by atoms with Crippen LogP contribution < -0.4 is 4.90 Å². The van der Waals surface area contributed by atoms with E-state index in [1.807, 2.05) is 42.2 Å². The highest BCUT2D eigenvalue weighted by Crippen LogP contribution is 2.36. The third kappa shape index (κ3) is 3.15. The van der Waals surface area contributed by atoms with E-state index < -0.39 is 0 Å². The lowest BCUT2D eigenvalue weighted by atomic mass is 10.0. The first-order valence-electron chi connectivity index (χ1n) is 8.22. The summed E-state index contributed by atoms with van der Waals surface area (Å²) in [6.07, 6.45) is 2.08. The molecule has 1 heterocycles. The quantitative estimate of drug-likeness (QED) is 0.836. The molecule has 2 aromatic rings. The van der Waals surface area contributed by atoms with Crippen molar-refractivity contribution >= 4 is 11.6 Å². The van der Waals surface area contributed by atoms with Gasteiger partial charge in [0.25, 0.3) is 5.91 Å². The molecule has 0 N–H and O–H groups in total. The fourth-order valence-electron chi connectivity index (χ4n) is 3.33. The fourth-order valence-corrected chi connectivity index (χ4v) is 3.33. The average molecular weight is 308 g/mol. The summed E-state index contributed by atoms with van der Waals surface area (Å²) >= 11 is 0. The molecule has 3 nitrogen and oxygen atoms in total. The molecular formula is C20H24N2O. The molecule has 120 valence electrons. The largest absolute Gasteiger partial charge is 0.308 e. The second kappa shape index (κ2) is 6.55. The summed E-state index contributed by atoms with van der Waals surface area (Å²) in [6, 6.07) is 16.5. The van der Waals surface area contributed by atoms with Gasteiger partial charge in [-0.15, -0.1) is 0 Å². The third-order valence-corrected chi connectivity index (χ3v) is 4.61. The molecular weight excluding hydrogens is 284 g/mol. The Balaban J connectivity index is 2.00. The monoisotopic (exact) mass is 308 g/mol. The number of amides is 1. The summed E-state index contributed by atoms with van der Waals surface area (Å²) in [5.74, 6) is 0.0943. The first-order valence-corrected chi connectivity index (χ1v) is 8.22. The van der Waals surface area contributed by atoms with Gasteiger partial charge in [0.05, 0.1) is 0 Å². The Bertz CT molecular complexity index is 691. The van der Waals surface area contributed by atoms with Gasteiger partial charge in [0.15, 0.2) is 0 Å². The first-order chi connectivity index (χ1) is 11.1. The maximum absolute atomic E-state index is 13.0. The summed E-state index contributed by atoms with van der Waals surface area (Å²) in [7, 11) is 4.22. The maximum Gasteiger partial charge on any atom is 0.258 e. The summed E-state index contributed by atoms with van der Waals surface area (Å²) < 4.78 is 0. The van der Waals surface area contributed by atoms with E-state index >= 15 is 0 Å². The Kier molecular flexibility index (Phi) is 4.49. The fraction of sp³-hybridized carbons (Fsp3) is 0.350. The number of hydrogen-bond donors (Lipinski definition) is 0. The Labute approximate surface area is 138 Å². The minimum atomic E-state index is 0.0943. The number of carbonyl (C=O) groups is 1. The Morgan fingerprint density at radius 2 is 1.78 bits per heavy atom. The number of anilines is 1. The molecule has 0 fully saturated rings. The normalized spacial score (nSPS) is 17.7. The van der Waals surface area contributed by atoms with Crippen molar-refractivity contribution in [2.75, 3.05) is 25.5 Å². The van der Waals surface area contributed by atoms with Crippen LogP contribution in [0, 0.1) is 6.92 Å². The predicted molar refractivity (Wildman–Crippen MR) is 95.0 cm³/mol. The van der Waals surface area contributed by atoms with Crippen LogP contribution in [-0.2, 0) is 0 Å². The van der Waals surface area contributed by atoms with Gasteiger partial charge in [-0.05, 0) is 57.6 Å². The zero-order valence-electron chi connectivity index (χ0n) is 14.1. The van der Waals surface area contributed by atoms with E-state index in [0.717, 1.165) is 30.6 Å². The van der Waals surface area contributed by atoms with Gasteiger partial charge in [0.2, 0.25) is 0 Å². The molecule has 0 bridgehead atoms. The van der Waals surface area contributed by atoms with Gasteiger partial charge in [-0.25, -0.2) is 0 Å². The molecule has 23 heavy (non-hydrogen) atoms. The first kappa shape index (κ1) is 15.8. The molecule has 3 heteroatoms. The zero-order valence-corrected chi connectivity index (χ0v) is 14.1. The van der Waals surface area contributed by atoms with Crippen LogP contribution in [0.25, 0.3) is 0 Å². The van der Waals surface area contributed by atoms with Crippen molar-refractivity contribution in [2.45, 2.75) is 25.8 Å². The van der Waals surface area contributed by atoms with Crippen LogP contribution in [0.15, 0.2) is 48.5 Å². The molecule has 0 radical (unpaired) electrons. The van der Waals surface area contributed by atoms with Crippen molar-refractivity contribution < 1.29 is 4.79 Å². The number of benzene rings is 2. The molecule has 0 saturated carbocycles. The van der Waals surface area contributed by atoms with E-state index in [2.05, 4.69) is 37.2 Å². The second-order valence-corrected chi connectivity index (χ2v) is 6.50. The van der Waals surface area contributed by atoms with E-state index in [4.69, 9.17) is 0 Å². The smallest absolute Gasteiger partial charge is 0.258 e. The van der Waals surface area contributed by atoms with Crippen LogP contribution in [0.4, 0.5) is 5.69 Å². The van der Waals surface area contributed by atoms with Crippen molar-refractivity contribution in [3.63, 3.8) is 0 Å². The highest BCUT2D eigenvalue weighted by Gasteiger charge is 2.27. The number of hydrogen-bond acceptors (Lipinski definition) is 2. The molecule has 0 aromatic heterocycles. The third-order valence-electron chi connectivity index (χ3n) is 4.61. The van der Waals surface area contributed by atoms with Gasteiger partial charge in [-0.1, -0.05) is 35.9 Å². The molecule has 2 aromatic carbocycles. The van der Waals surface area contributed by atoms with Crippen molar-refractivity contribution in [3.05, 3.63) is 65.2 Å². The minimum Gasteiger partial charge on any atom is -0.308 e. The Morgan fingerprint density at radius 1 is 1.09 bits per heavy atom. The van der Waals surface area contributed by atoms with Crippen molar-refractivity contribution in [1.82, 2.24) is 4.90 Å². The number of para-hydroxylation sites is 1. The van der Waals surface area contributed by atoms with Gasteiger partial charge in [0, 0.05) is 23.8 Å². The van der Waals surface area contributed by atoms with Gasteiger partial charge >= 0.3 is 0 Å². The van der Waals surface area contributed by atoms with Crippen molar-refractivity contribution in [2.24, 2.45) is 0 Å². The predicted octanol–water partition coefficient (Wildman–Crippen LogP) is 4.04. The van der Waals surface area contributed by atoms with Gasteiger partial charge in [-0.3, -0.25) is 4.79 Å². The lowest BCUT2D eigenvalue weighted by Gasteiger charge is -2.27. The van der Waals surface area contributed by atoms with E-state index in [1.54, 1.807) is 0 Å². The molecule has 0 unspecified atom stereocenters. The number of fused-ring (bicyclic) bond motifs is 1. The van der Waals surface area contributed by atoms with Crippen LogP contribution >= 0.6 is 0 Å². The SMILES string of the molecule is Cc1ccc(C(=O)N2CCC[C@H](N(C)C)c3ccccc32)cc1. The van der Waals surface area contributed by atoms with E-state index in [9.17, 15) is 4.79 Å². The number of aryl methyl sites for hydroxylation is 1. The van der Waals surface area contributed by atoms with Crippen LogP contribution in [0.3, 0.4) is 0 Å². The molecule has 1 amide bonds. The average Bonchev–Trinajstić information content (AvgIpc) is 2.74. The summed E-state index contributed by atoms with van der Waals surface area (Å²) in [4.78, 5) is 17.2. The Hall–Kier alpha value is -2.13. The summed E-state index contributed by atoms with van der Waals surface area (Å²) in [6.45, 7) is 2.81. The standard InChI is InChI=1S/C20H24N2O/c1-15-10-12-16(13-11-15)20(23)22-14-6-9-18(21(2)3)17-7-4-5-8-19(17)22/h4-5,7-8,10-13,18H,6,9,14H2,1-3H3/t18-/m0/s1. The maximum atomic E-state index is 13.0. The zero-order chi connectivity index (χ0) is 16.4. The highest BCUT2D eigenvalue weighted by atomic mass is 16.2. The topological polar surface area (TPSA) is 23.6 Å². The molecule has 0 spiro atoms. The molecule has 1 aliphatic rings. The number of rotatable bonds is 2. The van der Waals surface area contributed by atoms with Crippen LogP contribution in [0.5, 0.6) is 0 Å². The number of nitrogens with zero attached hydrogens (tertiary/aromatic N) is 2. The lowest BCUT2D eigenvalue weighted by Crippen LogP contribution is -2.31. The van der Waals surface area contributed by atoms with E-state index in [0.29, 0.717) is 6.04 Å². The minimum absolute atomic E-state index is 0.0943. The molecule has 1 atom stereocenters. The van der Waals surface area contributed by atoms with E-state index in [-0.39, 0.29) is 5.91 Å². The van der Waals surface area contributed by atoms with E-state index in [1.165, 1.54) is 11.1 Å². The van der Waals surface area contributed by atoms with Crippen LogP contribution in [0.1, 0.15) is 40.4 Å². The molecule has 0 aliphatic carbocycles. The van der Waals surface area contributed by atoms with Gasteiger partial charge in [-0.2, -0.15) is 0 Å². The van der Waals surface area contributed by atoms with Crippen molar-refractivity contribution in [1.29, 1.82) is 0 Å². The summed E-state index contributed by atoms with van der Waals surface area (Å²) in [5, 5.41) is 0. The van der Waals surface area contributed by atoms with Gasteiger partial charge in [0.1, 0.15) is 0 Å². The molecule has 0 saturated heterocycles. The Morgan fingerprint density at radius 3 is 2.48 bits per heavy atom. The van der Waals surface area contributed by atoms with Crippen molar-refractivity contribution in [3.8, 4) is 0 Å². The van der Waals surface area contributed by atoms with Crippen LogP contribution in [0.2, 0.25) is 0 Å². The van der Waals surface area contributed by atoms with Gasteiger partial charge < -0.3 is 9.80 Å². The number of carbonyl (C=O) groups excluding carboxylic acids is 1. The molecule has 3 rings (SSSR count). The molecule has 1 aliphatic heterocycles.